The van der Waals surface area contributed by atoms with Gasteiger partial charge in [0.25, 0.3) is 0 Å². The number of carbonyl (C=O) groups is 1. The zero-order chi connectivity index (χ0) is 22.4. The van der Waals surface area contributed by atoms with E-state index < -0.39 is 6.09 Å². The van der Waals surface area contributed by atoms with E-state index in [0.717, 1.165) is 48.0 Å². The average molecular weight is 438 g/mol. The molecule has 2 aromatic heterocycles. The second-order valence-electron chi connectivity index (χ2n) is 8.63. The normalized spacial score (nSPS) is 22.2. The van der Waals surface area contributed by atoms with Crippen LogP contribution in [0.1, 0.15) is 31.4 Å². The van der Waals surface area contributed by atoms with E-state index >= 15 is 0 Å². The fraction of sp³-hybridized carbons (Fsp3) is 0.455. The lowest BCUT2D eigenvalue weighted by atomic mass is 9.97. The van der Waals surface area contributed by atoms with Crippen molar-refractivity contribution in [2.45, 2.75) is 50.7 Å². The third kappa shape index (κ3) is 3.55. The maximum Gasteiger partial charge on any atom is 0.407 e. The number of rotatable bonds is 5. The number of ether oxygens (including phenoxy) is 1. The van der Waals surface area contributed by atoms with Crippen molar-refractivity contribution in [2.75, 3.05) is 24.4 Å². The largest absolute Gasteiger partial charge is 0.497 e. The summed E-state index contributed by atoms with van der Waals surface area (Å²) in [6, 6.07) is 7.92. The van der Waals surface area contributed by atoms with E-state index in [1.54, 1.807) is 12.0 Å². The number of hydrogen-bond acceptors (Lipinski definition) is 7. The van der Waals surface area contributed by atoms with Crippen LogP contribution in [-0.2, 0) is 0 Å². The summed E-state index contributed by atoms with van der Waals surface area (Å²) < 4.78 is 5.40. The molecule has 10 nitrogen and oxygen atoms in total. The second kappa shape index (κ2) is 7.85. The minimum atomic E-state index is -0.812. The molecule has 2 bridgehead atoms. The molecule has 168 valence electrons. The Labute approximate surface area is 185 Å². The van der Waals surface area contributed by atoms with Crippen LogP contribution in [0.3, 0.4) is 0 Å². The van der Waals surface area contributed by atoms with E-state index in [4.69, 9.17) is 14.7 Å². The molecule has 3 aromatic rings. The number of fused-ring (bicyclic) bond motifs is 3. The number of anilines is 3. The van der Waals surface area contributed by atoms with Crippen LogP contribution in [0.15, 0.2) is 24.3 Å². The number of amides is 1. The van der Waals surface area contributed by atoms with Crippen LogP contribution in [0.4, 0.5) is 22.4 Å². The average Bonchev–Trinajstić information content (AvgIpc) is 3.31. The lowest BCUT2D eigenvalue weighted by molar-refractivity contribution is 0.0964. The molecule has 3 N–H and O–H groups in total. The Morgan fingerprint density at radius 1 is 1.25 bits per heavy atom. The summed E-state index contributed by atoms with van der Waals surface area (Å²) >= 11 is 0. The number of aromatic amines is 1. The Morgan fingerprint density at radius 3 is 2.62 bits per heavy atom. The molecule has 2 aliphatic rings. The van der Waals surface area contributed by atoms with Crippen molar-refractivity contribution in [3.05, 3.63) is 30.0 Å². The number of carboxylic acid groups (broad SMARTS) is 1. The third-order valence-electron chi connectivity index (χ3n) is 6.64. The molecule has 32 heavy (non-hydrogen) atoms. The van der Waals surface area contributed by atoms with Gasteiger partial charge >= 0.3 is 6.09 Å². The summed E-state index contributed by atoms with van der Waals surface area (Å²) in [6.07, 6.45) is 2.58. The van der Waals surface area contributed by atoms with E-state index in [1.807, 2.05) is 38.2 Å². The fourth-order valence-corrected chi connectivity index (χ4v) is 5.02. The zero-order valence-corrected chi connectivity index (χ0v) is 18.4. The van der Waals surface area contributed by atoms with Gasteiger partial charge in [-0.3, -0.25) is 5.10 Å². The quantitative estimate of drug-likeness (QED) is 0.555. The van der Waals surface area contributed by atoms with Gasteiger partial charge in [0.15, 0.2) is 5.82 Å². The van der Waals surface area contributed by atoms with Crippen LogP contribution in [0.25, 0.3) is 10.9 Å². The second-order valence-corrected chi connectivity index (χ2v) is 8.63. The Balaban J connectivity index is 1.49. The molecular weight excluding hydrogens is 410 g/mol. The Morgan fingerprint density at radius 2 is 2.00 bits per heavy atom. The summed E-state index contributed by atoms with van der Waals surface area (Å²) in [4.78, 5) is 25.0. The molecule has 0 radical (unpaired) electrons. The predicted octanol–water partition coefficient (Wildman–Crippen LogP) is 3.52. The van der Waals surface area contributed by atoms with E-state index in [1.165, 1.54) is 0 Å². The van der Waals surface area contributed by atoms with Crippen LogP contribution in [0.5, 0.6) is 5.75 Å². The lowest BCUT2D eigenvalue weighted by Crippen LogP contribution is -2.51. The van der Waals surface area contributed by atoms with Gasteiger partial charge in [0.1, 0.15) is 11.6 Å². The van der Waals surface area contributed by atoms with E-state index in [-0.39, 0.29) is 18.1 Å². The molecule has 1 aromatic carbocycles. The lowest BCUT2D eigenvalue weighted by Gasteiger charge is -2.40. The standard InChI is InChI=1S/C22H27N7O3/c1-12-8-19(27-26-12)24-20-17-7-6-16(32-3)11-18(17)23-21(25-20)28(2)15-9-13-4-5-14(10-15)29(13)22(30)31/h6-8,11,13-15H,4-5,9-10H2,1-3H3,(H,30,31)(H2,23,24,25,26,27). The summed E-state index contributed by atoms with van der Waals surface area (Å²) in [7, 11) is 3.62. The van der Waals surface area contributed by atoms with Gasteiger partial charge in [0.05, 0.1) is 12.6 Å². The van der Waals surface area contributed by atoms with E-state index in [0.29, 0.717) is 17.6 Å². The highest BCUT2D eigenvalue weighted by Gasteiger charge is 2.44. The number of hydrogen-bond donors (Lipinski definition) is 3. The first kappa shape index (κ1) is 20.3. The first-order valence-electron chi connectivity index (χ1n) is 10.8. The first-order valence-corrected chi connectivity index (χ1v) is 10.8. The number of nitrogens with one attached hydrogen (secondary N) is 2. The van der Waals surface area contributed by atoms with Crippen molar-refractivity contribution in [3.63, 3.8) is 0 Å². The van der Waals surface area contributed by atoms with Crippen molar-refractivity contribution in [3.8, 4) is 5.75 Å². The van der Waals surface area contributed by atoms with E-state index in [9.17, 15) is 9.90 Å². The monoisotopic (exact) mass is 437 g/mol. The molecule has 5 rings (SSSR count). The Hall–Kier alpha value is -3.56. The highest BCUT2D eigenvalue weighted by molar-refractivity contribution is 5.92. The minimum absolute atomic E-state index is 0.0591. The minimum Gasteiger partial charge on any atom is -0.497 e. The molecular formula is C22H27N7O3. The van der Waals surface area contributed by atoms with Gasteiger partial charge in [-0.2, -0.15) is 10.1 Å². The molecule has 0 spiro atoms. The summed E-state index contributed by atoms with van der Waals surface area (Å²) in [5, 5.41) is 20.9. The summed E-state index contributed by atoms with van der Waals surface area (Å²) in [6.45, 7) is 1.94. The third-order valence-corrected chi connectivity index (χ3v) is 6.64. The van der Waals surface area contributed by atoms with Gasteiger partial charge in [0.2, 0.25) is 5.95 Å². The van der Waals surface area contributed by atoms with Crippen LogP contribution in [-0.4, -0.2) is 68.5 Å². The maximum absolute atomic E-state index is 11.6. The molecule has 2 unspecified atom stereocenters. The topological polar surface area (TPSA) is 120 Å². The number of aromatic nitrogens is 4. The predicted molar refractivity (Wildman–Crippen MR) is 121 cm³/mol. The molecule has 2 saturated heterocycles. The Bertz CT molecular complexity index is 1150. The summed E-state index contributed by atoms with van der Waals surface area (Å²) in [5.74, 6) is 2.66. The maximum atomic E-state index is 11.6. The van der Waals surface area contributed by atoms with Crippen molar-refractivity contribution in [1.82, 2.24) is 25.1 Å². The van der Waals surface area contributed by atoms with Crippen LogP contribution >= 0.6 is 0 Å². The zero-order valence-electron chi connectivity index (χ0n) is 18.4. The van der Waals surface area contributed by atoms with Crippen LogP contribution < -0.4 is 15.0 Å². The molecule has 0 saturated carbocycles. The molecule has 10 heteroatoms. The molecule has 4 heterocycles. The number of piperidine rings is 1. The van der Waals surface area contributed by atoms with E-state index in [2.05, 4.69) is 20.4 Å². The van der Waals surface area contributed by atoms with Crippen molar-refractivity contribution in [1.29, 1.82) is 0 Å². The summed E-state index contributed by atoms with van der Waals surface area (Å²) in [5.41, 5.74) is 1.72. The molecule has 1 amide bonds. The molecule has 0 aliphatic carbocycles. The van der Waals surface area contributed by atoms with Gasteiger partial charge < -0.3 is 25.0 Å². The van der Waals surface area contributed by atoms with Gasteiger partial charge in [-0.05, 0) is 44.7 Å². The number of benzene rings is 1. The van der Waals surface area contributed by atoms with Crippen molar-refractivity contribution < 1.29 is 14.6 Å². The SMILES string of the molecule is COc1ccc2c(Nc3cc(C)[nH]n3)nc(N(C)C3CC4CCC(C3)N4C(=O)O)nc2c1. The first-order chi connectivity index (χ1) is 15.4. The highest BCUT2D eigenvalue weighted by Crippen LogP contribution is 2.38. The van der Waals surface area contributed by atoms with Gasteiger partial charge in [-0.15, -0.1) is 0 Å². The number of H-pyrrole nitrogens is 1. The van der Waals surface area contributed by atoms with Crippen molar-refractivity contribution >= 4 is 34.6 Å². The highest BCUT2D eigenvalue weighted by atomic mass is 16.5. The Kier molecular flexibility index (Phi) is 4.99. The van der Waals surface area contributed by atoms with Crippen LogP contribution in [0, 0.1) is 6.92 Å². The fourth-order valence-electron chi connectivity index (χ4n) is 5.02. The van der Waals surface area contributed by atoms with Gasteiger partial charge in [0, 0.05) is 48.4 Å². The smallest absolute Gasteiger partial charge is 0.407 e. The number of aryl methyl sites for hydroxylation is 1. The van der Waals surface area contributed by atoms with Gasteiger partial charge in [-0.25, -0.2) is 9.78 Å². The van der Waals surface area contributed by atoms with Gasteiger partial charge in [-0.1, -0.05) is 0 Å². The number of nitrogens with zero attached hydrogens (tertiary/aromatic N) is 5. The number of methoxy groups -OCH3 is 1. The molecule has 2 atom stereocenters. The molecule has 2 fully saturated rings. The van der Waals surface area contributed by atoms with Crippen molar-refractivity contribution in [2.24, 2.45) is 0 Å². The molecule has 2 aliphatic heterocycles. The van der Waals surface area contributed by atoms with Crippen LogP contribution in [0.2, 0.25) is 0 Å².